The molecule has 1 heterocycles. The molecule has 0 amide bonds. The van der Waals surface area contributed by atoms with E-state index in [-0.39, 0.29) is 0 Å². The first kappa shape index (κ1) is 9.32. The quantitative estimate of drug-likeness (QED) is 0.692. The Balaban J connectivity index is 2.26. The highest BCUT2D eigenvalue weighted by Gasteiger charge is 2.06. The largest absolute Gasteiger partial charge is 0.489 e. The van der Waals surface area contributed by atoms with Crippen LogP contribution in [0.2, 0.25) is 0 Å². The van der Waals surface area contributed by atoms with Crippen LogP contribution in [0.1, 0.15) is 25.0 Å². The maximum atomic E-state index is 5.50. The molecule has 1 aromatic rings. The summed E-state index contributed by atoms with van der Waals surface area (Å²) >= 11 is 0. The third-order valence-corrected chi connectivity index (χ3v) is 2.35. The molecule has 1 aliphatic heterocycles. The standard InChI is InChI=1S/C13H16O/c1-10(2)8-11-5-6-13-12(9-11)4-3-7-14-13/h3-6,9-10H,7-8H2,1-2H3. The van der Waals surface area contributed by atoms with Crippen LogP contribution < -0.4 is 4.74 Å². The average Bonchev–Trinajstić information content (AvgIpc) is 2.17. The van der Waals surface area contributed by atoms with E-state index in [0.29, 0.717) is 12.5 Å². The topological polar surface area (TPSA) is 9.23 Å². The van der Waals surface area contributed by atoms with E-state index >= 15 is 0 Å². The Morgan fingerprint density at radius 1 is 1.36 bits per heavy atom. The van der Waals surface area contributed by atoms with Gasteiger partial charge in [0.2, 0.25) is 0 Å². The van der Waals surface area contributed by atoms with Gasteiger partial charge in [-0.2, -0.15) is 0 Å². The molecule has 0 atom stereocenters. The van der Waals surface area contributed by atoms with E-state index in [2.05, 4.69) is 44.2 Å². The molecule has 0 spiro atoms. The second kappa shape index (κ2) is 3.87. The van der Waals surface area contributed by atoms with Gasteiger partial charge in [-0.15, -0.1) is 0 Å². The molecule has 0 unspecified atom stereocenters. The first-order chi connectivity index (χ1) is 6.75. The molecular weight excluding hydrogens is 172 g/mol. The monoisotopic (exact) mass is 188 g/mol. The zero-order chi connectivity index (χ0) is 9.97. The normalized spacial score (nSPS) is 13.9. The lowest BCUT2D eigenvalue weighted by molar-refractivity contribution is 0.358. The molecule has 2 rings (SSSR count). The Morgan fingerprint density at radius 2 is 2.21 bits per heavy atom. The Bertz CT molecular complexity index is 350. The predicted octanol–water partition coefficient (Wildman–Crippen LogP) is 3.29. The van der Waals surface area contributed by atoms with Crippen LogP contribution in [0, 0.1) is 5.92 Å². The smallest absolute Gasteiger partial charge is 0.127 e. The molecule has 1 heteroatoms. The molecular formula is C13H16O. The Labute approximate surface area is 85.4 Å². The van der Waals surface area contributed by atoms with E-state index in [1.165, 1.54) is 11.1 Å². The molecule has 0 aliphatic carbocycles. The van der Waals surface area contributed by atoms with Crippen molar-refractivity contribution in [2.24, 2.45) is 5.92 Å². The third kappa shape index (κ3) is 1.98. The SMILES string of the molecule is CC(C)Cc1ccc2c(c1)C=CCO2. The zero-order valence-corrected chi connectivity index (χ0v) is 8.79. The van der Waals surface area contributed by atoms with Crippen molar-refractivity contribution in [3.63, 3.8) is 0 Å². The van der Waals surface area contributed by atoms with Crippen molar-refractivity contribution in [1.82, 2.24) is 0 Å². The van der Waals surface area contributed by atoms with Crippen molar-refractivity contribution >= 4 is 6.08 Å². The summed E-state index contributed by atoms with van der Waals surface area (Å²) in [5.41, 5.74) is 2.61. The fourth-order valence-electron chi connectivity index (χ4n) is 1.77. The van der Waals surface area contributed by atoms with Crippen LogP contribution in [-0.4, -0.2) is 6.61 Å². The van der Waals surface area contributed by atoms with Gasteiger partial charge in [0.1, 0.15) is 12.4 Å². The average molecular weight is 188 g/mol. The fourth-order valence-corrected chi connectivity index (χ4v) is 1.77. The number of rotatable bonds is 2. The minimum Gasteiger partial charge on any atom is -0.489 e. The molecule has 0 aromatic heterocycles. The van der Waals surface area contributed by atoms with Crippen LogP contribution in [0.3, 0.4) is 0 Å². The van der Waals surface area contributed by atoms with Crippen LogP contribution in [0.15, 0.2) is 24.3 Å². The zero-order valence-electron chi connectivity index (χ0n) is 8.79. The minimum absolute atomic E-state index is 0.705. The number of benzene rings is 1. The Hall–Kier alpha value is -1.24. The lowest BCUT2D eigenvalue weighted by Gasteiger charge is -2.14. The molecule has 1 nitrogen and oxygen atoms in total. The van der Waals surface area contributed by atoms with Gasteiger partial charge in [0.05, 0.1) is 0 Å². The molecule has 0 fully saturated rings. The van der Waals surface area contributed by atoms with Gasteiger partial charge in [-0.3, -0.25) is 0 Å². The predicted molar refractivity (Wildman–Crippen MR) is 59.5 cm³/mol. The first-order valence-electron chi connectivity index (χ1n) is 5.18. The van der Waals surface area contributed by atoms with E-state index in [1.807, 2.05) is 0 Å². The molecule has 0 N–H and O–H groups in total. The van der Waals surface area contributed by atoms with E-state index < -0.39 is 0 Å². The number of ether oxygens (including phenoxy) is 1. The van der Waals surface area contributed by atoms with E-state index in [0.717, 1.165) is 12.2 Å². The van der Waals surface area contributed by atoms with Gasteiger partial charge in [0, 0.05) is 5.56 Å². The molecule has 1 aromatic carbocycles. The summed E-state index contributed by atoms with van der Waals surface area (Å²) in [5, 5.41) is 0. The van der Waals surface area contributed by atoms with Crippen molar-refractivity contribution in [3.8, 4) is 5.75 Å². The highest BCUT2D eigenvalue weighted by Crippen LogP contribution is 2.25. The van der Waals surface area contributed by atoms with E-state index in [9.17, 15) is 0 Å². The minimum atomic E-state index is 0.705. The van der Waals surface area contributed by atoms with Gasteiger partial charge in [-0.05, 0) is 36.1 Å². The number of hydrogen-bond donors (Lipinski definition) is 0. The molecule has 74 valence electrons. The Morgan fingerprint density at radius 3 is 3.00 bits per heavy atom. The summed E-state index contributed by atoms with van der Waals surface area (Å²) in [5.74, 6) is 1.72. The molecule has 1 aliphatic rings. The Kier molecular flexibility index (Phi) is 2.58. The van der Waals surface area contributed by atoms with Gasteiger partial charge >= 0.3 is 0 Å². The van der Waals surface area contributed by atoms with E-state index in [4.69, 9.17) is 4.74 Å². The maximum absolute atomic E-state index is 5.50. The fraction of sp³-hybridized carbons (Fsp3) is 0.385. The summed E-state index contributed by atoms with van der Waals surface area (Å²) in [6.07, 6.45) is 5.34. The summed E-state index contributed by atoms with van der Waals surface area (Å²) in [6, 6.07) is 6.47. The van der Waals surface area contributed by atoms with Gasteiger partial charge < -0.3 is 4.74 Å². The van der Waals surface area contributed by atoms with E-state index in [1.54, 1.807) is 0 Å². The van der Waals surface area contributed by atoms with Gasteiger partial charge in [-0.25, -0.2) is 0 Å². The number of hydrogen-bond acceptors (Lipinski definition) is 1. The van der Waals surface area contributed by atoms with Crippen LogP contribution in [0.25, 0.3) is 6.08 Å². The second-order valence-electron chi connectivity index (χ2n) is 4.18. The summed E-state index contributed by atoms with van der Waals surface area (Å²) in [4.78, 5) is 0. The molecule has 0 saturated carbocycles. The lowest BCUT2D eigenvalue weighted by atomic mass is 10.00. The van der Waals surface area contributed by atoms with Crippen molar-refractivity contribution < 1.29 is 4.74 Å². The number of fused-ring (bicyclic) bond motifs is 1. The van der Waals surface area contributed by atoms with Gasteiger partial charge in [-0.1, -0.05) is 26.0 Å². The van der Waals surface area contributed by atoms with Gasteiger partial charge in [0.15, 0.2) is 0 Å². The lowest BCUT2D eigenvalue weighted by Crippen LogP contribution is -2.01. The first-order valence-corrected chi connectivity index (χ1v) is 5.18. The van der Waals surface area contributed by atoms with Gasteiger partial charge in [0.25, 0.3) is 0 Å². The molecule has 0 saturated heterocycles. The molecule has 0 radical (unpaired) electrons. The van der Waals surface area contributed by atoms with Crippen LogP contribution in [-0.2, 0) is 6.42 Å². The van der Waals surface area contributed by atoms with Crippen molar-refractivity contribution in [1.29, 1.82) is 0 Å². The summed E-state index contributed by atoms with van der Waals surface area (Å²) in [7, 11) is 0. The summed E-state index contributed by atoms with van der Waals surface area (Å²) in [6.45, 7) is 5.19. The molecule has 0 bridgehead atoms. The molecule has 14 heavy (non-hydrogen) atoms. The second-order valence-corrected chi connectivity index (χ2v) is 4.18. The van der Waals surface area contributed by atoms with Crippen molar-refractivity contribution in [3.05, 3.63) is 35.4 Å². The summed E-state index contributed by atoms with van der Waals surface area (Å²) < 4.78 is 5.50. The van der Waals surface area contributed by atoms with Crippen LogP contribution in [0.4, 0.5) is 0 Å². The highest BCUT2D eigenvalue weighted by molar-refractivity contribution is 5.60. The highest BCUT2D eigenvalue weighted by atomic mass is 16.5. The van der Waals surface area contributed by atoms with Crippen LogP contribution >= 0.6 is 0 Å². The van der Waals surface area contributed by atoms with Crippen LogP contribution in [0.5, 0.6) is 5.75 Å². The maximum Gasteiger partial charge on any atom is 0.127 e. The van der Waals surface area contributed by atoms with Crippen molar-refractivity contribution in [2.75, 3.05) is 6.61 Å². The third-order valence-electron chi connectivity index (χ3n) is 2.35. The van der Waals surface area contributed by atoms with Crippen molar-refractivity contribution in [2.45, 2.75) is 20.3 Å².